The number of anilines is 1. The lowest BCUT2D eigenvalue weighted by atomic mass is 9.80. The summed E-state index contributed by atoms with van der Waals surface area (Å²) in [4.78, 5) is 22.8. The van der Waals surface area contributed by atoms with Gasteiger partial charge in [0, 0.05) is 29.8 Å². The normalized spacial score (nSPS) is 21.0. The zero-order valence-corrected chi connectivity index (χ0v) is 15.6. The number of imidazole rings is 1. The van der Waals surface area contributed by atoms with Crippen LogP contribution in [0.3, 0.4) is 0 Å². The van der Waals surface area contributed by atoms with Gasteiger partial charge in [-0.1, -0.05) is 18.2 Å². The van der Waals surface area contributed by atoms with Crippen LogP contribution >= 0.6 is 0 Å². The van der Waals surface area contributed by atoms with Crippen LogP contribution in [-0.2, 0) is 4.79 Å². The summed E-state index contributed by atoms with van der Waals surface area (Å²) < 4.78 is 7.69. The molecule has 2 atom stereocenters. The minimum atomic E-state index is -0.292. The highest BCUT2D eigenvalue weighted by Gasteiger charge is 2.40. The summed E-state index contributed by atoms with van der Waals surface area (Å²) in [5.41, 5.74) is 4.42. The number of aromatic nitrogens is 3. The Kier molecular flexibility index (Phi) is 3.47. The number of hydrogen-bond acceptors (Lipinski definition) is 5. The Morgan fingerprint density at radius 2 is 1.93 bits per heavy atom. The van der Waals surface area contributed by atoms with Crippen LogP contribution < -0.4 is 5.32 Å². The van der Waals surface area contributed by atoms with Gasteiger partial charge >= 0.3 is 0 Å². The topological polar surface area (TPSA) is 73.0 Å². The van der Waals surface area contributed by atoms with Crippen molar-refractivity contribution in [1.29, 1.82) is 0 Å². The van der Waals surface area contributed by atoms with Gasteiger partial charge in [-0.3, -0.25) is 14.3 Å². The summed E-state index contributed by atoms with van der Waals surface area (Å²) >= 11 is 0. The van der Waals surface area contributed by atoms with Gasteiger partial charge in [-0.2, -0.15) is 0 Å². The summed E-state index contributed by atoms with van der Waals surface area (Å²) in [5, 5.41) is 3.45. The molecule has 6 nitrogen and oxygen atoms in total. The van der Waals surface area contributed by atoms with Crippen molar-refractivity contribution in [3.8, 4) is 0 Å². The molecule has 1 aliphatic heterocycles. The number of hydrogen-bond donors (Lipinski definition) is 1. The van der Waals surface area contributed by atoms with Gasteiger partial charge < -0.3 is 9.73 Å². The molecule has 1 aliphatic carbocycles. The summed E-state index contributed by atoms with van der Waals surface area (Å²) in [5.74, 6) is 1.75. The molecule has 0 fully saturated rings. The second kappa shape index (κ2) is 6.17. The van der Waals surface area contributed by atoms with Crippen LogP contribution in [-0.4, -0.2) is 20.3 Å². The first-order valence-corrected chi connectivity index (χ1v) is 9.74. The predicted molar refractivity (Wildman–Crippen MR) is 108 cm³/mol. The monoisotopic (exact) mass is 382 g/mol. The first kappa shape index (κ1) is 16.3. The number of allylic oxidation sites excluding steroid dienone is 2. The third kappa shape index (κ3) is 2.45. The van der Waals surface area contributed by atoms with E-state index in [0.717, 1.165) is 39.7 Å². The number of para-hydroxylation sites is 2. The molecule has 6 heteroatoms. The lowest BCUT2D eigenvalue weighted by Crippen LogP contribution is -2.33. The molecular weight excluding hydrogens is 364 g/mol. The molecule has 1 N–H and O–H groups in total. The summed E-state index contributed by atoms with van der Waals surface area (Å²) in [6.45, 7) is 0. The lowest BCUT2D eigenvalue weighted by molar-refractivity contribution is -0.116. The highest BCUT2D eigenvalue weighted by Crippen LogP contribution is 2.45. The van der Waals surface area contributed by atoms with E-state index in [1.807, 2.05) is 54.6 Å². The van der Waals surface area contributed by atoms with Crippen molar-refractivity contribution in [2.75, 3.05) is 5.32 Å². The Labute approximate surface area is 166 Å². The van der Waals surface area contributed by atoms with Crippen LogP contribution in [0.4, 0.5) is 5.95 Å². The number of pyridine rings is 1. The van der Waals surface area contributed by atoms with Crippen molar-refractivity contribution in [3.05, 3.63) is 89.8 Å². The quantitative estimate of drug-likeness (QED) is 0.555. The van der Waals surface area contributed by atoms with Gasteiger partial charge in [-0.05, 0) is 42.8 Å². The van der Waals surface area contributed by atoms with Crippen molar-refractivity contribution in [2.24, 2.45) is 0 Å². The lowest BCUT2D eigenvalue weighted by Gasteiger charge is -2.35. The number of rotatable bonds is 2. The van der Waals surface area contributed by atoms with Crippen molar-refractivity contribution in [3.63, 3.8) is 0 Å². The van der Waals surface area contributed by atoms with Gasteiger partial charge in [0.1, 0.15) is 11.8 Å². The van der Waals surface area contributed by atoms with Crippen molar-refractivity contribution >= 4 is 22.8 Å². The fourth-order valence-electron chi connectivity index (χ4n) is 4.57. The maximum absolute atomic E-state index is 13.4. The molecule has 4 aromatic rings. The highest BCUT2D eigenvalue weighted by atomic mass is 16.3. The van der Waals surface area contributed by atoms with Crippen LogP contribution in [0.1, 0.15) is 36.3 Å². The first-order chi connectivity index (χ1) is 14.3. The van der Waals surface area contributed by atoms with Gasteiger partial charge in [0.2, 0.25) is 5.95 Å². The van der Waals surface area contributed by atoms with Crippen LogP contribution in [0.25, 0.3) is 11.0 Å². The molecule has 0 amide bonds. The fraction of sp³-hybridized carbons (Fsp3) is 0.174. The zero-order valence-electron chi connectivity index (χ0n) is 15.6. The van der Waals surface area contributed by atoms with Crippen molar-refractivity contribution in [1.82, 2.24) is 14.5 Å². The molecule has 1 aromatic carbocycles. The molecular formula is C23H18N4O2. The molecule has 0 radical (unpaired) electrons. The van der Waals surface area contributed by atoms with Gasteiger partial charge in [-0.15, -0.1) is 0 Å². The van der Waals surface area contributed by atoms with E-state index in [-0.39, 0.29) is 17.7 Å². The number of fused-ring (bicyclic) bond motifs is 3. The number of carbonyl (C=O) groups is 1. The van der Waals surface area contributed by atoms with Gasteiger partial charge in [0.25, 0.3) is 0 Å². The summed E-state index contributed by atoms with van der Waals surface area (Å²) in [6, 6.07) is 17.3. The summed E-state index contributed by atoms with van der Waals surface area (Å²) in [7, 11) is 0. The number of Topliss-reactive ketones (excluding diaryl/α,β-unsaturated/α-hetero) is 1. The molecule has 0 unspecified atom stereocenters. The van der Waals surface area contributed by atoms with Crippen LogP contribution in [0.2, 0.25) is 0 Å². The van der Waals surface area contributed by atoms with E-state index in [4.69, 9.17) is 9.40 Å². The van der Waals surface area contributed by atoms with Crippen molar-refractivity contribution in [2.45, 2.75) is 24.8 Å². The minimum Gasteiger partial charge on any atom is -0.469 e. The van der Waals surface area contributed by atoms with E-state index >= 15 is 0 Å². The van der Waals surface area contributed by atoms with Crippen molar-refractivity contribution < 1.29 is 9.21 Å². The average Bonchev–Trinajstić information content (AvgIpc) is 3.40. The molecule has 0 saturated carbocycles. The number of nitrogens with zero attached hydrogens (tertiary/aromatic N) is 3. The molecule has 2 aliphatic rings. The van der Waals surface area contributed by atoms with Gasteiger partial charge in [0.15, 0.2) is 5.78 Å². The minimum absolute atomic E-state index is 0.0315. The van der Waals surface area contributed by atoms with E-state index in [9.17, 15) is 4.79 Å². The molecule has 29 heavy (non-hydrogen) atoms. The maximum Gasteiger partial charge on any atom is 0.209 e. The largest absolute Gasteiger partial charge is 0.469 e. The SMILES string of the molecule is O=C1C[C@@H](c2ccco2)CC2=C1[C@H](c1ccccn1)n1c(nc3ccccc31)N2. The van der Waals surface area contributed by atoms with Gasteiger partial charge in [0.05, 0.1) is 23.0 Å². The Balaban J connectivity index is 1.56. The Bertz CT molecular complexity index is 1250. The van der Waals surface area contributed by atoms with E-state index in [2.05, 4.69) is 14.9 Å². The molecule has 0 saturated heterocycles. The van der Waals surface area contributed by atoms with E-state index in [1.165, 1.54) is 0 Å². The molecule has 142 valence electrons. The second-order valence-electron chi connectivity index (χ2n) is 7.51. The Morgan fingerprint density at radius 1 is 1.03 bits per heavy atom. The Morgan fingerprint density at radius 3 is 2.76 bits per heavy atom. The third-order valence-corrected chi connectivity index (χ3v) is 5.81. The number of benzene rings is 1. The van der Waals surface area contributed by atoms with Crippen LogP contribution in [0.15, 0.2) is 82.7 Å². The Hall–Kier alpha value is -3.67. The molecule has 6 rings (SSSR count). The molecule has 0 spiro atoms. The highest BCUT2D eigenvalue weighted by molar-refractivity contribution is 6.00. The zero-order chi connectivity index (χ0) is 19.4. The average molecular weight is 382 g/mol. The molecule has 3 aromatic heterocycles. The number of furan rings is 1. The van der Waals surface area contributed by atoms with Crippen LogP contribution in [0.5, 0.6) is 0 Å². The standard InChI is InChI=1S/C23H18N4O2/c28-19-13-14(20-9-5-11-29-20)12-17-21(19)22(16-7-3-4-10-24-16)27-18-8-2-1-6-15(18)25-23(27)26-17/h1-11,14,22H,12-13H2,(H,25,26)/t14-,22-/m0/s1. The third-order valence-electron chi connectivity index (χ3n) is 5.81. The van der Waals surface area contributed by atoms with Crippen LogP contribution in [0, 0.1) is 0 Å². The smallest absolute Gasteiger partial charge is 0.209 e. The maximum atomic E-state index is 13.4. The first-order valence-electron chi connectivity index (χ1n) is 9.74. The summed E-state index contributed by atoms with van der Waals surface area (Å²) in [6.07, 6.45) is 4.57. The van der Waals surface area contributed by atoms with E-state index in [1.54, 1.807) is 12.5 Å². The molecule has 0 bridgehead atoms. The predicted octanol–water partition coefficient (Wildman–Crippen LogP) is 4.44. The fourth-order valence-corrected chi connectivity index (χ4v) is 4.57. The number of carbonyl (C=O) groups excluding carboxylic acids is 1. The molecule has 4 heterocycles. The van der Waals surface area contributed by atoms with E-state index < -0.39 is 0 Å². The number of ketones is 1. The number of nitrogens with one attached hydrogen (secondary N) is 1. The van der Waals surface area contributed by atoms with E-state index in [0.29, 0.717) is 12.8 Å². The van der Waals surface area contributed by atoms with Gasteiger partial charge in [-0.25, -0.2) is 4.98 Å². The second-order valence-corrected chi connectivity index (χ2v) is 7.51.